The fraction of sp³-hybridized carbons (Fsp3) is 0.760. The van der Waals surface area contributed by atoms with Crippen molar-refractivity contribution >= 4 is 96.0 Å². The number of nitrogens with one attached hydrogen (secondary N) is 6. The van der Waals surface area contributed by atoms with Crippen molar-refractivity contribution in [2.24, 2.45) is 23.7 Å². The molecule has 1 fully saturated rings. The lowest BCUT2D eigenvalue weighted by molar-refractivity contribution is -0.194. The number of carbonyl (C=O) groups is 12. The van der Waals surface area contributed by atoms with E-state index in [0.717, 1.165) is 10.2 Å². The van der Waals surface area contributed by atoms with E-state index in [1.54, 1.807) is 23.8 Å². The van der Waals surface area contributed by atoms with Crippen molar-refractivity contribution in [3.05, 3.63) is 64.9 Å². The van der Waals surface area contributed by atoms with Gasteiger partial charge in [-0.3, -0.25) is 57.6 Å². The Morgan fingerprint density at radius 1 is 0.525 bits per heavy atom. The monoisotopic (exact) mass is 2020 g/mol. The number of esters is 4. The highest BCUT2D eigenvalue weighted by Crippen LogP contribution is 2.31. The minimum atomic E-state index is -1.000. The van der Waals surface area contributed by atoms with Crippen LogP contribution in [-0.4, -0.2) is 368 Å². The van der Waals surface area contributed by atoms with E-state index in [0.29, 0.717) is 70.2 Å². The number of methoxy groups -OCH3 is 6. The Hall–Kier alpha value is -8.06. The number of amides is 7. The Bertz CT molecular complexity index is 3680. The molecule has 1 saturated heterocycles. The van der Waals surface area contributed by atoms with Gasteiger partial charge in [0, 0.05) is 126 Å². The van der Waals surface area contributed by atoms with Gasteiger partial charge in [0.2, 0.25) is 41.4 Å². The molecule has 43 heteroatoms. The first-order chi connectivity index (χ1) is 66.2. The Morgan fingerprint density at radius 3 is 1.40 bits per heavy atom. The van der Waals surface area contributed by atoms with E-state index >= 15 is 0 Å². The highest BCUT2D eigenvalue weighted by molar-refractivity contribution is 7.80. The number of carboxylic acid groups (broad SMARTS) is 1. The summed E-state index contributed by atoms with van der Waals surface area (Å²) < 4.78 is 74.7. The maximum absolute atomic E-state index is 14.5. The number of carbonyl (C=O) groups excluding carboxylic acids is 11. The molecule has 7 amide bonds. The second-order valence-electron chi connectivity index (χ2n) is 33.9. The number of benzene rings is 1. The molecule has 12 N–H and O–H groups in total. The maximum Gasteiger partial charge on any atom is 0.328 e. The smallest absolute Gasteiger partial charge is 0.328 e. The van der Waals surface area contributed by atoms with Crippen LogP contribution in [0.4, 0.5) is 0 Å². The van der Waals surface area contributed by atoms with Gasteiger partial charge in [0.25, 0.3) is 0 Å². The number of aliphatic carboxylic acids is 1. The molecule has 1 aliphatic rings. The highest BCUT2D eigenvalue weighted by atomic mass is 32.1. The number of aliphatic hydroxyl groups is 5. The molecule has 3 rings (SSSR count). The van der Waals surface area contributed by atoms with Crippen LogP contribution in [0.3, 0.4) is 0 Å². The molecule has 2 aromatic rings. The van der Waals surface area contributed by atoms with Crippen molar-refractivity contribution in [3.63, 3.8) is 0 Å². The number of H-pyrrole nitrogens is 1. The number of likely N-dealkylation sites (N-methyl/N-ethyl adjacent to an activating group) is 2. The van der Waals surface area contributed by atoms with Crippen LogP contribution >= 0.6 is 24.8 Å². The summed E-state index contributed by atoms with van der Waals surface area (Å²) in [5.41, 5.74) is 0.802. The van der Waals surface area contributed by atoms with Gasteiger partial charge in [0.05, 0.1) is 107 Å². The quantitative estimate of drug-likeness (QED) is 0.00912. The summed E-state index contributed by atoms with van der Waals surface area (Å²) in [5, 5.41) is 67.1. The van der Waals surface area contributed by atoms with Crippen LogP contribution in [-0.2, 0) is 130 Å². The zero-order chi connectivity index (χ0) is 105. The molecule has 1 aromatic heterocycles. The minimum Gasteiger partial charge on any atom is -0.481 e. The van der Waals surface area contributed by atoms with E-state index in [4.69, 9.17) is 104 Å². The lowest BCUT2D eigenvalue weighted by Gasteiger charge is -2.41. The van der Waals surface area contributed by atoms with Crippen LogP contribution in [0.25, 0.3) is 0 Å². The summed E-state index contributed by atoms with van der Waals surface area (Å²) in [4.78, 5) is 160. The number of aromatic nitrogens is 1. The molecule has 802 valence electrons. The average Bonchev–Trinajstić information content (AvgIpc) is 1.78. The van der Waals surface area contributed by atoms with Gasteiger partial charge >= 0.3 is 29.8 Å². The second kappa shape index (κ2) is 80.4. The highest BCUT2D eigenvalue weighted by Gasteiger charge is 2.44. The summed E-state index contributed by atoms with van der Waals surface area (Å²) in [6.07, 6.45) is 1.91. The molecule has 0 bridgehead atoms. The first-order valence-electron chi connectivity index (χ1n) is 47.8. The summed E-state index contributed by atoms with van der Waals surface area (Å²) in [5.74, 6) is -5.85. The number of aliphatic hydroxyl groups excluding tert-OH is 5. The molecule has 0 radical (unpaired) electrons. The number of ether oxygens (including phenoxy) is 14. The largest absolute Gasteiger partial charge is 0.481 e. The van der Waals surface area contributed by atoms with E-state index in [2.05, 4.69) is 44.2 Å². The minimum absolute atomic E-state index is 0.00492. The number of likely N-dealkylation sites (tertiary alicyclic amines) is 1. The Labute approximate surface area is 833 Å². The zero-order valence-electron chi connectivity index (χ0n) is 85.9. The molecular weight excluding hydrogens is 1860 g/mol. The lowest BCUT2D eigenvalue weighted by atomic mass is 9.89. The number of pyridine rings is 1. The van der Waals surface area contributed by atoms with Gasteiger partial charge in [-0.15, -0.1) is 0 Å². The number of carboxylic acids is 1. The van der Waals surface area contributed by atoms with Crippen LogP contribution < -0.4 is 26.6 Å². The summed E-state index contributed by atoms with van der Waals surface area (Å²) >= 11 is 8.74. The van der Waals surface area contributed by atoms with E-state index in [1.165, 1.54) is 49.6 Å². The number of nitrogens with zero attached hydrogens (tertiary/aromatic N) is 3. The van der Waals surface area contributed by atoms with Gasteiger partial charge < -0.3 is 138 Å². The predicted octanol–water partition coefficient (Wildman–Crippen LogP) is 5.92. The van der Waals surface area contributed by atoms with Crippen LogP contribution in [0.5, 0.6) is 0 Å². The van der Waals surface area contributed by atoms with E-state index in [-0.39, 0.29) is 196 Å². The van der Waals surface area contributed by atoms with E-state index in [9.17, 15) is 62.6 Å². The first-order valence-corrected chi connectivity index (χ1v) is 48.9. The number of aromatic amines is 1. The third-order valence-corrected chi connectivity index (χ3v) is 22.7. The standard InChI is InChI=1S/C58H99N7O15.C14H27NO6S.C12H22O7.C7H16O4.C5H5NS/c1-16-38(7)52(64(12)57(73)50(36(3)4)62-56(72)51(37(5)6)63(10)11)45(75-13)33-47(68)65-30-22-26-44(65)53(77-15)39(8)54(70)61-43(32-41-24-19-18-20-25-41)55(71)59-29-23-31-78-58(74)40(9)60-46(67)27-21-28-48(69)79-35-49(76-14)80-42(17-2)34-66;1-3-11(9-16)21-14(19-2)10-20-13(18)6-4-5-12(17)15-7-8-22;1-3-9(7-13)19-12(17-2)8-18-11(16)6-4-5-10(14)15;1-3-6(4-8)11-7(5-9)10-2;7-5-3-1-2-4-6-5/h18-20,24-25,36-40,42-45,49-53,66H,16-17,21-23,26-35H2,1-15H3,(H,59,71)(H,60,67)(H,61,70)(H,62,72);11,14,16,22H,3-10H2,1-2H3,(H,15,17);9,12-13H,3-8H2,1-2H3,(H,14,15);6-9H,3-5H2,1-2H3;1-4H,(H,6,7)/t38-,39+,40+,42?,43-,44-,45+,49?,50-,51-,52-,53+;;;;/m0..../s1. The van der Waals surface area contributed by atoms with Crippen molar-refractivity contribution in [1.82, 2.24) is 46.3 Å². The fourth-order valence-corrected chi connectivity index (χ4v) is 14.2. The molecule has 139 heavy (non-hydrogen) atoms. The topological polar surface area (TPSA) is 541 Å². The van der Waals surface area contributed by atoms with Crippen molar-refractivity contribution in [1.29, 1.82) is 0 Å². The molecular formula is C96H169N9O32S2. The third-order valence-electron chi connectivity index (χ3n) is 22.3. The van der Waals surface area contributed by atoms with Crippen LogP contribution in [0.15, 0.2) is 54.7 Å². The number of rotatable bonds is 68. The molecule has 1 aliphatic heterocycles. The fourth-order valence-electron chi connectivity index (χ4n) is 14.0. The number of hydrogen-bond donors (Lipinski definition) is 13. The summed E-state index contributed by atoms with van der Waals surface area (Å²) in [6.45, 7) is 22.3. The molecule has 41 nitrogen and oxygen atoms in total. The first kappa shape index (κ1) is 133. The third kappa shape index (κ3) is 58.3. The second-order valence-corrected chi connectivity index (χ2v) is 34.8. The summed E-state index contributed by atoms with van der Waals surface area (Å²) in [7, 11) is 14.1. The molecule has 1 aromatic carbocycles. The Balaban J connectivity index is 0. The van der Waals surface area contributed by atoms with Gasteiger partial charge in [-0.25, -0.2) is 4.79 Å². The van der Waals surface area contributed by atoms with Crippen molar-refractivity contribution in [2.45, 2.75) is 303 Å². The number of hydrogen-bond acceptors (Lipinski definition) is 34. The van der Waals surface area contributed by atoms with Gasteiger partial charge in [0.15, 0.2) is 25.2 Å². The molecule has 0 saturated carbocycles. The predicted molar refractivity (Wildman–Crippen MR) is 523 cm³/mol. The normalized spacial score (nSPS) is 15.9. The van der Waals surface area contributed by atoms with Crippen molar-refractivity contribution in [2.75, 3.05) is 149 Å². The van der Waals surface area contributed by atoms with Gasteiger partial charge in [-0.1, -0.05) is 131 Å². The molecule has 0 aliphatic carbocycles. The molecule has 0 spiro atoms. The van der Waals surface area contributed by atoms with E-state index in [1.807, 2.05) is 143 Å². The van der Waals surface area contributed by atoms with Gasteiger partial charge in [0.1, 0.15) is 42.6 Å². The van der Waals surface area contributed by atoms with Crippen LogP contribution in [0, 0.1) is 28.3 Å². The lowest BCUT2D eigenvalue weighted by Crippen LogP contribution is -2.59. The van der Waals surface area contributed by atoms with Crippen LogP contribution in [0.1, 0.15) is 204 Å². The Kier molecular flexibility index (Phi) is 76.9. The molecule has 8 unspecified atom stereocenters. The van der Waals surface area contributed by atoms with Gasteiger partial charge in [-0.2, -0.15) is 12.6 Å². The molecule has 18 atom stereocenters. The van der Waals surface area contributed by atoms with Gasteiger partial charge in [-0.05, 0) is 121 Å². The van der Waals surface area contributed by atoms with Crippen molar-refractivity contribution < 1.29 is 154 Å². The maximum atomic E-state index is 14.5. The SMILES string of the molecule is CCC(CO)OC(CO)OC.CCC(CO)OC(COC(=O)CCCC(=O)NCCS)OC.CCC(CO)OC(COC(=O)CCCC(=O)N[C@H](C)C(=O)OCCCNC(=O)[C@H](Cc1ccccc1)NC(=O)[C@H](C)[C@@H](OC)[C@@H]1CCCN1C(=O)C[C@@H](OC)[C@H]([C@@H](C)CC)N(C)C(=O)[C@@H](NC(=O)[C@H](C(C)C)N(C)C)C(C)C)OC.CCC(CO)OC(COC(=O)CCCC(=O)O)OC.S=c1cccc[nH]1. The molecule has 2 heterocycles. The number of thiol groups is 1. The van der Waals surface area contributed by atoms with Crippen molar-refractivity contribution in [3.8, 4) is 0 Å². The van der Waals surface area contributed by atoms with Crippen LogP contribution in [0.2, 0.25) is 0 Å². The van der Waals surface area contributed by atoms with E-state index < -0.39 is 133 Å². The zero-order valence-corrected chi connectivity index (χ0v) is 87.6. The summed E-state index contributed by atoms with van der Waals surface area (Å²) in [6, 6.07) is 10.6. The Morgan fingerprint density at radius 2 is 1.01 bits per heavy atom. The average molecular weight is 2030 g/mol.